The fourth-order valence-electron chi connectivity index (χ4n) is 1.56. The van der Waals surface area contributed by atoms with Gasteiger partial charge in [0.05, 0.1) is 16.0 Å². The van der Waals surface area contributed by atoms with Gasteiger partial charge in [0.25, 0.3) is 5.92 Å². The van der Waals surface area contributed by atoms with Gasteiger partial charge in [-0.15, -0.1) is 11.3 Å². The largest absolute Gasteiger partial charge is 0.507 e. The van der Waals surface area contributed by atoms with E-state index in [9.17, 15) is 8.78 Å². The van der Waals surface area contributed by atoms with Crippen LogP contribution in [0.5, 0.6) is 0 Å². The maximum atomic E-state index is 13.1. The Bertz CT molecular complexity index is 440. The first-order chi connectivity index (χ1) is 8.03. The Morgan fingerprint density at radius 3 is 2.11 bits per heavy atom. The molecular weight excluding hydrogens is 259 g/mol. The van der Waals surface area contributed by atoms with E-state index in [1.54, 1.807) is 0 Å². The Hall–Kier alpha value is -0.525. The van der Waals surface area contributed by atoms with Crippen LogP contribution in [0.3, 0.4) is 0 Å². The zero-order chi connectivity index (χ0) is 13.8. The first-order valence-electron chi connectivity index (χ1n) is 5.73. The summed E-state index contributed by atoms with van der Waals surface area (Å²) < 4.78 is 38.4. The molecule has 1 aliphatic heterocycles. The second-order valence-electron chi connectivity index (χ2n) is 5.54. The molecule has 0 spiro atoms. The molecule has 0 aliphatic carbocycles. The molecule has 0 saturated carbocycles. The van der Waals surface area contributed by atoms with Crippen molar-refractivity contribution in [2.75, 3.05) is 0 Å². The fourth-order valence-corrected chi connectivity index (χ4v) is 2.36. The van der Waals surface area contributed by atoms with Crippen LogP contribution in [-0.2, 0) is 15.2 Å². The van der Waals surface area contributed by atoms with Crippen molar-refractivity contribution in [2.45, 2.75) is 51.7 Å². The van der Waals surface area contributed by atoms with Crippen LogP contribution in [0.25, 0.3) is 0 Å². The smallest absolute Gasteiger partial charge is 0.399 e. The van der Waals surface area contributed by atoms with E-state index < -0.39 is 24.2 Å². The standard InChI is InChI=1S/C11H16BF2NO2S/c1-9(2)10(3,4)17-12(16-9)7-6-15-8(18-7)11(5,13)14/h6H,1-5H3. The van der Waals surface area contributed by atoms with Gasteiger partial charge in [-0.05, 0) is 27.7 Å². The van der Waals surface area contributed by atoms with Crippen molar-refractivity contribution < 1.29 is 18.1 Å². The molecule has 1 saturated heterocycles. The average molecular weight is 275 g/mol. The molecule has 1 aliphatic rings. The normalized spacial score (nSPS) is 22.5. The fraction of sp³-hybridized carbons (Fsp3) is 0.727. The molecule has 0 aromatic carbocycles. The lowest BCUT2D eigenvalue weighted by molar-refractivity contribution is 0.00578. The molecule has 18 heavy (non-hydrogen) atoms. The molecule has 0 N–H and O–H groups in total. The second-order valence-corrected chi connectivity index (χ2v) is 6.61. The van der Waals surface area contributed by atoms with Crippen LogP contribution >= 0.6 is 11.3 Å². The van der Waals surface area contributed by atoms with Crippen molar-refractivity contribution in [3.05, 3.63) is 11.2 Å². The van der Waals surface area contributed by atoms with Crippen molar-refractivity contribution in [3.63, 3.8) is 0 Å². The lowest BCUT2D eigenvalue weighted by Crippen LogP contribution is -2.41. The number of alkyl halides is 2. The van der Waals surface area contributed by atoms with Gasteiger partial charge in [0.15, 0.2) is 5.01 Å². The Balaban J connectivity index is 2.23. The number of hydrogen-bond acceptors (Lipinski definition) is 4. The van der Waals surface area contributed by atoms with Gasteiger partial charge in [-0.25, -0.2) is 4.98 Å². The first kappa shape index (κ1) is 13.9. The summed E-state index contributed by atoms with van der Waals surface area (Å²) in [5, 5.41) is -0.216. The summed E-state index contributed by atoms with van der Waals surface area (Å²) in [6.07, 6.45) is 1.40. The zero-order valence-electron chi connectivity index (χ0n) is 11.1. The zero-order valence-corrected chi connectivity index (χ0v) is 11.9. The summed E-state index contributed by atoms with van der Waals surface area (Å²) >= 11 is 0.927. The summed E-state index contributed by atoms with van der Waals surface area (Å²) in [6, 6.07) is 0. The van der Waals surface area contributed by atoms with Crippen molar-refractivity contribution >= 4 is 23.2 Å². The third-order valence-corrected chi connectivity index (χ3v) is 4.58. The molecule has 1 aromatic heterocycles. The molecule has 1 fully saturated rings. The lowest BCUT2D eigenvalue weighted by atomic mass is 9.89. The van der Waals surface area contributed by atoms with Crippen LogP contribution < -0.4 is 4.78 Å². The van der Waals surface area contributed by atoms with Crippen LogP contribution in [0.2, 0.25) is 0 Å². The summed E-state index contributed by atoms with van der Waals surface area (Å²) in [6.45, 7) is 8.51. The summed E-state index contributed by atoms with van der Waals surface area (Å²) in [7, 11) is -0.622. The van der Waals surface area contributed by atoms with Gasteiger partial charge >= 0.3 is 7.12 Å². The Morgan fingerprint density at radius 1 is 1.22 bits per heavy atom. The minimum Gasteiger partial charge on any atom is -0.399 e. The Labute approximate surface area is 110 Å². The van der Waals surface area contributed by atoms with Gasteiger partial charge in [0.2, 0.25) is 0 Å². The number of rotatable bonds is 2. The van der Waals surface area contributed by atoms with Crippen LogP contribution in [0, 0.1) is 0 Å². The highest BCUT2D eigenvalue weighted by atomic mass is 32.1. The molecule has 0 unspecified atom stereocenters. The minimum absolute atomic E-state index is 0.216. The molecule has 2 heterocycles. The molecule has 1 aromatic rings. The van der Waals surface area contributed by atoms with E-state index in [0.29, 0.717) is 4.78 Å². The minimum atomic E-state index is -2.92. The van der Waals surface area contributed by atoms with Crippen molar-refractivity contribution in [2.24, 2.45) is 0 Å². The SMILES string of the molecule is CC(F)(F)c1ncc(B2OC(C)(C)C(C)(C)O2)s1. The summed E-state index contributed by atoms with van der Waals surface area (Å²) in [5.74, 6) is -2.92. The molecule has 7 heteroatoms. The molecule has 100 valence electrons. The van der Waals surface area contributed by atoms with Gasteiger partial charge < -0.3 is 9.31 Å². The molecular formula is C11H16BF2NO2S. The number of thiazole rings is 1. The number of nitrogens with zero attached hydrogens (tertiary/aromatic N) is 1. The van der Waals surface area contributed by atoms with Crippen molar-refractivity contribution in [1.82, 2.24) is 4.98 Å². The lowest BCUT2D eigenvalue weighted by Gasteiger charge is -2.32. The van der Waals surface area contributed by atoms with Crippen molar-refractivity contribution in [3.8, 4) is 0 Å². The third-order valence-electron chi connectivity index (χ3n) is 3.38. The van der Waals surface area contributed by atoms with Gasteiger partial charge in [-0.3, -0.25) is 0 Å². The van der Waals surface area contributed by atoms with E-state index >= 15 is 0 Å². The van der Waals surface area contributed by atoms with E-state index in [4.69, 9.17) is 9.31 Å². The van der Waals surface area contributed by atoms with Crippen LogP contribution in [0.1, 0.15) is 39.6 Å². The van der Waals surface area contributed by atoms with Gasteiger partial charge in [-0.1, -0.05) is 0 Å². The maximum Gasteiger partial charge on any atom is 0.507 e. The van der Waals surface area contributed by atoms with Gasteiger partial charge in [0.1, 0.15) is 0 Å². The van der Waals surface area contributed by atoms with E-state index in [2.05, 4.69) is 4.98 Å². The Morgan fingerprint density at radius 2 is 1.72 bits per heavy atom. The molecule has 0 radical (unpaired) electrons. The third kappa shape index (κ3) is 2.31. The molecule has 0 bridgehead atoms. The molecule has 0 atom stereocenters. The Kier molecular flexibility index (Phi) is 3.07. The predicted octanol–water partition coefficient (Wildman–Crippen LogP) is 2.55. The van der Waals surface area contributed by atoms with E-state index in [1.165, 1.54) is 6.20 Å². The molecule has 3 nitrogen and oxygen atoms in total. The average Bonchev–Trinajstić information content (AvgIpc) is 2.69. The maximum absolute atomic E-state index is 13.1. The highest BCUT2D eigenvalue weighted by Crippen LogP contribution is 2.37. The van der Waals surface area contributed by atoms with Gasteiger partial charge in [0, 0.05) is 13.1 Å². The number of aromatic nitrogens is 1. The quantitative estimate of drug-likeness (QED) is 0.777. The monoisotopic (exact) mass is 275 g/mol. The summed E-state index contributed by atoms with van der Waals surface area (Å²) in [4.78, 5) is 3.74. The van der Waals surface area contributed by atoms with E-state index in [1.807, 2.05) is 27.7 Å². The van der Waals surface area contributed by atoms with Crippen molar-refractivity contribution in [1.29, 1.82) is 0 Å². The highest BCUT2D eigenvalue weighted by molar-refractivity contribution is 7.22. The second kappa shape index (κ2) is 3.98. The number of halogens is 2. The molecule has 0 amide bonds. The highest BCUT2D eigenvalue weighted by Gasteiger charge is 2.52. The number of hydrogen-bond donors (Lipinski definition) is 0. The first-order valence-corrected chi connectivity index (χ1v) is 6.54. The van der Waals surface area contributed by atoms with E-state index in [0.717, 1.165) is 18.3 Å². The van der Waals surface area contributed by atoms with Gasteiger partial charge in [-0.2, -0.15) is 8.78 Å². The summed E-state index contributed by atoms with van der Waals surface area (Å²) in [5.41, 5.74) is -0.951. The van der Waals surface area contributed by atoms with Crippen LogP contribution in [0.4, 0.5) is 8.78 Å². The van der Waals surface area contributed by atoms with E-state index in [-0.39, 0.29) is 5.01 Å². The predicted molar refractivity (Wildman–Crippen MR) is 67.4 cm³/mol. The van der Waals surface area contributed by atoms with Crippen LogP contribution in [0.15, 0.2) is 6.20 Å². The molecule has 2 rings (SSSR count). The van der Waals surface area contributed by atoms with Crippen LogP contribution in [-0.4, -0.2) is 23.3 Å². The topological polar surface area (TPSA) is 31.4 Å².